The van der Waals surface area contributed by atoms with Gasteiger partial charge in [0.05, 0.1) is 4.92 Å². The van der Waals surface area contributed by atoms with Crippen LogP contribution >= 0.6 is 11.8 Å². The van der Waals surface area contributed by atoms with Crippen molar-refractivity contribution in [2.45, 2.75) is 26.8 Å². The monoisotopic (exact) mass is 254 g/mol. The summed E-state index contributed by atoms with van der Waals surface area (Å²) >= 11 is 1.82. The summed E-state index contributed by atoms with van der Waals surface area (Å²) in [4.78, 5) is 10.5. The van der Waals surface area contributed by atoms with Gasteiger partial charge < -0.3 is 5.32 Å². The van der Waals surface area contributed by atoms with Gasteiger partial charge in [-0.15, -0.1) is 0 Å². The minimum atomic E-state index is -0.346. The molecular formula is C12H18N2O2S. The SMILES string of the molecule is CCSCC(C)Nc1cc(C)ccc1[N+](=O)[O-]. The van der Waals surface area contributed by atoms with Crippen molar-refractivity contribution >= 4 is 23.1 Å². The molecule has 1 atom stereocenters. The molecular weight excluding hydrogens is 236 g/mol. The summed E-state index contributed by atoms with van der Waals surface area (Å²) < 4.78 is 0. The van der Waals surface area contributed by atoms with Gasteiger partial charge in [-0.25, -0.2) is 0 Å². The molecule has 0 spiro atoms. The Labute approximate surface area is 106 Å². The Morgan fingerprint density at radius 2 is 2.24 bits per heavy atom. The van der Waals surface area contributed by atoms with Gasteiger partial charge in [0.1, 0.15) is 5.69 Å². The lowest BCUT2D eigenvalue weighted by atomic mass is 10.2. The number of rotatable bonds is 6. The zero-order valence-electron chi connectivity index (χ0n) is 10.4. The maximum atomic E-state index is 10.9. The van der Waals surface area contributed by atoms with Gasteiger partial charge in [-0.2, -0.15) is 11.8 Å². The Morgan fingerprint density at radius 3 is 2.82 bits per heavy atom. The fourth-order valence-corrected chi connectivity index (χ4v) is 2.20. The van der Waals surface area contributed by atoms with Gasteiger partial charge in [-0.05, 0) is 31.2 Å². The summed E-state index contributed by atoms with van der Waals surface area (Å²) in [5.41, 5.74) is 1.77. The molecule has 0 aliphatic rings. The number of hydrogen-bond donors (Lipinski definition) is 1. The molecule has 5 heteroatoms. The van der Waals surface area contributed by atoms with Gasteiger partial charge in [0.2, 0.25) is 0 Å². The zero-order valence-corrected chi connectivity index (χ0v) is 11.2. The molecule has 0 bridgehead atoms. The first-order valence-electron chi connectivity index (χ1n) is 5.64. The largest absolute Gasteiger partial charge is 0.376 e. The van der Waals surface area contributed by atoms with Crippen molar-refractivity contribution in [3.63, 3.8) is 0 Å². The Hall–Kier alpha value is -1.23. The molecule has 0 aliphatic heterocycles. The Balaban J connectivity index is 2.81. The first kappa shape index (κ1) is 13.8. The molecule has 0 radical (unpaired) electrons. The molecule has 0 heterocycles. The van der Waals surface area contributed by atoms with Crippen molar-refractivity contribution in [3.8, 4) is 0 Å². The molecule has 1 aromatic rings. The number of nitrogens with zero attached hydrogens (tertiary/aromatic N) is 1. The maximum Gasteiger partial charge on any atom is 0.292 e. The number of thioether (sulfide) groups is 1. The molecule has 1 unspecified atom stereocenters. The molecule has 1 aromatic carbocycles. The van der Waals surface area contributed by atoms with Crippen molar-refractivity contribution in [2.24, 2.45) is 0 Å². The standard InChI is InChI=1S/C12H18N2O2S/c1-4-17-8-10(3)13-11-7-9(2)5-6-12(11)14(15)16/h5-7,10,13H,4,8H2,1-3H3. The van der Waals surface area contributed by atoms with E-state index in [2.05, 4.69) is 12.2 Å². The summed E-state index contributed by atoms with van der Waals surface area (Å²) in [5, 5.41) is 14.1. The van der Waals surface area contributed by atoms with Gasteiger partial charge in [0.25, 0.3) is 5.69 Å². The van der Waals surface area contributed by atoms with Crippen LogP contribution in [0, 0.1) is 17.0 Å². The van der Waals surface area contributed by atoms with E-state index in [0.29, 0.717) is 5.69 Å². The first-order chi connectivity index (χ1) is 8.04. The summed E-state index contributed by atoms with van der Waals surface area (Å²) in [6.45, 7) is 6.07. The smallest absolute Gasteiger partial charge is 0.292 e. The zero-order chi connectivity index (χ0) is 12.8. The molecule has 0 saturated carbocycles. The number of nitro benzene ring substituents is 1. The fourth-order valence-electron chi connectivity index (χ4n) is 1.53. The highest BCUT2D eigenvalue weighted by molar-refractivity contribution is 7.99. The minimum Gasteiger partial charge on any atom is -0.376 e. The summed E-state index contributed by atoms with van der Waals surface area (Å²) in [7, 11) is 0. The molecule has 0 saturated heterocycles. The van der Waals surface area contributed by atoms with E-state index >= 15 is 0 Å². The normalized spacial score (nSPS) is 12.2. The molecule has 0 aromatic heterocycles. The van der Waals surface area contributed by atoms with E-state index < -0.39 is 0 Å². The third-order valence-electron chi connectivity index (χ3n) is 2.32. The lowest BCUT2D eigenvalue weighted by molar-refractivity contribution is -0.384. The van der Waals surface area contributed by atoms with Gasteiger partial charge in [-0.3, -0.25) is 10.1 Å². The van der Waals surface area contributed by atoms with E-state index in [-0.39, 0.29) is 16.7 Å². The number of nitrogens with one attached hydrogen (secondary N) is 1. The fraction of sp³-hybridized carbons (Fsp3) is 0.500. The predicted octanol–water partition coefficient (Wildman–Crippen LogP) is 3.46. The van der Waals surface area contributed by atoms with Crippen LogP contribution in [0.1, 0.15) is 19.4 Å². The topological polar surface area (TPSA) is 55.2 Å². The van der Waals surface area contributed by atoms with Crippen molar-refractivity contribution < 1.29 is 4.92 Å². The molecule has 0 fully saturated rings. The second-order valence-electron chi connectivity index (χ2n) is 3.98. The Bertz CT molecular complexity index is 396. The summed E-state index contributed by atoms with van der Waals surface area (Å²) in [6, 6.07) is 5.36. The summed E-state index contributed by atoms with van der Waals surface area (Å²) in [6.07, 6.45) is 0. The predicted molar refractivity (Wildman–Crippen MR) is 73.9 cm³/mol. The highest BCUT2D eigenvalue weighted by Crippen LogP contribution is 2.26. The second-order valence-corrected chi connectivity index (χ2v) is 5.30. The highest BCUT2D eigenvalue weighted by Gasteiger charge is 2.14. The van der Waals surface area contributed by atoms with Gasteiger partial charge in [-0.1, -0.05) is 13.0 Å². The van der Waals surface area contributed by atoms with Gasteiger partial charge >= 0.3 is 0 Å². The Kier molecular flexibility index (Phi) is 5.28. The number of nitro groups is 1. The van der Waals surface area contributed by atoms with Crippen LogP contribution in [0.3, 0.4) is 0 Å². The van der Waals surface area contributed by atoms with Crippen molar-refractivity contribution in [2.75, 3.05) is 16.8 Å². The average Bonchev–Trinajstić information content (AvgIpc) is 2.26. The van der Waals surface area contributed by atoms with E-state index in [1.807, 2.05) is 31.7 Å². The van der Waals surface area contributed by atoms with Crippen LogP contribution in [0.2, 0.25) is 0 Å². The highest BCUT2D eigenvalue weighted by atomic mass is 32.2. The average molecular weight is 254 g/mol. The second kappa shape index (κ2) is 6.49. The quantitative estimate of drug-likeness (QED) is 0.624. The van der Waals surface area contributed by atoms with Crippen LogP contribution in [0.15, 0.2) is 18.2 Å². The number of hydrogen-bond acceptors (Lipinski definition) is 4. The van der Waals surface area contributed by atoms with Crippen molar-refractivity contribution in [3.05, 3.63) is 33.9 Å². The van der Waals surface area contributed by atoms with E-state index in [4.69, 9.17) is 0 Å². The molecule has 0 amide bonds. The molecule has 1 N–H and O–H groups in total. The van der Waals surface area contributed by atoms with Crippen LogP contribution in [0.25, 0.3) is 0 Å². The van der Waals surface area contributed by atoms with Crippen LogP contribution in [0.5, 0.6) is 0 Å². The van der Waals surface area contributed by atoms with E-state index in [1.54, 1.807) is 12.1 Å². The molecule has 1 rings (SSSR count). The number of benzene rings is 1. The minimum absolute atomic E-state index is 0.143. The lowest BCUT2D eigenvalue weighted by Crippen LogP contribution is -2.18. The van der Waals surface area contributed by atoms with E-state index in [9.17, 15) is 10.1 Å². The molecule has 94 valence electrons. The maximum absolute atomic E-state index is 10.9. The lowest BCUT2D eigenvalue weighted by Gasteiger charge is -2.15. The first-order valence-corrected chi connectivity index (χ1v) is 6.79. The van der Waals surface area contributed by atoms with Crippen molar-refractivity contribution in [1.29, 1.82) is 0 Å². The number of aryl methyl sites for hydroxylation is 1. The van der Waals surface area contributed by atoms with Gasteiger partial charge in [0, 0.05) is 17.9 Å². The molecule has 0 aliphatic carbocycles. The van der Waals surface area contributed by atoms with E-state index in [0.717, 1.165) is 17.1 Å². The van der Waals surface area contributed by atoms with Crippen LogP contribution < -0.4 is 5.32 Å². The van der Waals surface area contributed by atoms with Crippen LogP contribution in [-0.2, 0) is 0 Å². The van der Waals surface area contributed by atoms with Crippen LogP contribution in [-0.4, -0.2) is 22.5 Å². The third kappa shape index (κ3) is 4.26. The molecule has 4 nitrogen and oxygen atoms in total. The van der Waals surface area contributed by atoms with E-state index in [1.165, 1.54) is 0 Å². The Morgan fingerprint density at radius 1 is 1.53 bits per heavy atom. The third-order valence-corrected chi connectivity index (χ3v) is 3.47. The summed E-state index contributed by atoms with van der Waals surface area (Å²) in [5.74, 6) is 2.00. The van der Waals surface area contributed by atoms with Gasteiger partial charge in [0.15, 0.2) is 0 Å². The van der Waals surface area contributed by atoms with Crippen LogP contribution in [0.4, 0.5) is 11.4 Å². The number of anilines is 1. The van der Waals surface area contributed by atoms with Crippen molar-refractivity contribution in [1.82, 2.24) is 0 Å². The molecule has 17 heavy (non-hydrogen) atoms.